The van der Waals surface area contributed by atoms with Crippen LogP contribution in [-0.4, -0.2) is 15.8 Å². The summed E-state index contributed by atoms with van der Waals surface area (Å²) in [6, 6.07) is 8.86. The molecule has 4 nitrogen and oxygen atoms in total. The molecule has 0 atom stereocenters. The minimum atomic E-state index is -0.0873. The van der Waals surface area contributed by atoms with E-state index in [1.807, 2.05) is 18.2 Å². The normalized spacial score (nSPS) is 10.1. The topological polar surface area (TPSA) is 75.7 Å². The lowest BCUT2D eigenvalue weighted by Gasteiger charge is -2.03. The first-order chi connectivity index (χ1) is 7.68. The van der Waals surface area contributed by atoms with Crippen LogP contribution in [0, 0.1) is 5.41 Å². The van der Waals surface area contributed by atoms with Gasteiger partial charge in [-0.25, -0.2) is 9.97 Å². The summed E-state index contributed by atoms with van der Waals surface area (Å²) in [5, 5.41) is 7.88. The third kappa shape index (κ3) is 2.01. The first-order valence-corrected chi connectivity index (χ1v) is 4.98. The molecule has 3 N–H and O–H groups in total. The van der Waals surface area contributed by atoms with E-state index in [0.29, 0.717) is 16.5 Å². The molecule has 2 rings (SSSR count). The Labute approximate surface area is 97.6 Å². The van der Waals surface area contributed by atoms with E-state index in [2.05, 4.69) is 9.97 Å². The Morgan fingerprint density at radius 2 is 2.00 bits per heavy atom. The number of hydrogen-bond acceptors (Lipinski definition) is 3. The second kappa shape index (κ2) is 4.28. The standard InChI is InChI=1S/C11H9ClN4/c12-8-4-2-1-3-7(8)11-15-6-5-9(16-11)10(13)14/h1-6H,(H3,13,14). The fourth-order valence-electron chi connectivity index (χ4n) is 1.28. The van der Waals surface area contributed by atoms with Crippen molar-refractivity contribution in [3.8, 4) is 11.4 Å². The minimum Gasteiger partial charge on any atom is -0.382 e. The highest BCUT2D eigenvalue weighted by Crippen LogP contribution is 2.24. The molecule has 0 aliphatic carbocycles. The number of hydrogen-bond donors (Lipinski definition) is 2. The van der Waals surface area contributed by atoms with Gasteiger partial charge in [-0.05, 0) is 18.2 Å². The molecule has 0 aliphatic heterocycles. The number of benzene rings is 1. The maximum atomic E-state index is 7.30. The lowest BCUT2D eigenvalue weighted by atomic mass is 10.2. The van der Waals surface area contributed by atoms with Gasteiger partial charge < -0.3 is 5.73 Å². The van der Waals surface area contributed by atoms with Gasteiger partial charge in [-0.15, -0.1) is 0 Å². The SMILES string of the molecule is N=C(N)c1ccnc(-c2ccccc2Cl)n1. The number of nitrogens with one attached hydrogen (secondary N) is 1. The second-order valence-electron chi connectivity index (χ2n) is 3.16. The van der Waals surface area contributed by atoms with Gasteiger partial charge in [-0.2, -0.15) is 0 Å². The number of amidine groups is 1. The van der Waals surface area contributed by atoms with Crippen molar-refractivity contribution in [3.05, 3.63) is 47.2 Å². The van der Waals surface area contributed by atoms with Gasteiger partial charge in [-0.1, -0.05) is 23.7 Å². The fourth-order valence-corrected chi connectivity index (χ4v) is 1.50. The smallest absolute Gasteiger partial charge is 0.161 e. The zero-order valence-electron chi connectivity index (χ0n) is 8.31. The van der Waals surface area contributed by atoms with Crippen LogP contribution in [0.4, 0.5) is 0 Å². The van der Waals surface area contributed by atoms with Gasteiger partial charge in [0.25, 0.3) is 0 Å². The minimum absolute atomic E-state index is 0.0873. The summed E-state index contributed by atoms with van der Waals surface area (Å²) in [5.74, 6) is 0.383. The third-order valence-electron chi connectivity index (χ3n) is 2.05. The van der Waals surface area contributed by atoms with Crippen LogP contribution in [0.25, 0.3) is 11.4 Å². The van der Waals surface area contributed by atoms with Crippen LogP contribution in [0.15, 0.2) is 36.5 Å². The van der Waals surface area contributed by atoms with Crippen molar-refractivity contribution in [2.45, 2.75) is 0 Å². The van der Waals surface area contributed by atoms with Crippen molar-refractivity contribution < 1.29 is 0 Å². The predicted octanol–water partition coefficient (Wildman–Crippen LogP) is 2.08. The Morgan fingerprint density at radius 3 is 2.69 bits per heavy atom. The van der Waals surface area contributed by atoms with Crippen molar-refractivity contribution in [1.29, 1.82) is 5.41 Å². The highest BCUT2D eigenvalue weighted by atomic mass is 35.5. The molecule has 0 spiro atoms. The van der Waals surface area contributed by atoms with Crippen molar-refractivity contribution in [2.75, 3.05) is 0 Å². The maximum absolute atomic E-state index is 7.30. The Bertz CT molecular complexity index is 539. The molecule has 0 fully saturated rings. The zero-order chi connectivity index (χ0) is 11.5. The molecule has 16 heavy (non-hydrogen) atoms. The molecule has 0 bridgehead atoms. The molecular weight excluding hydrogens is 224 g/mol. The Kier molecular flexibility index (Phi) is 2.83. The van der Waals surface area contributed by atoms with E-state index in [1.54, 1.807) is 18.3 Å². The van der Waals surface area contributed by atoms with Gasteiger partial charge in [0, 0.05) is 11.8 Å². The fraction of sp³-hybridized carbons (Fsp3) is 0. The van der Waals surface area contributed by atoms with E-state index in [9.17, 15) is 0 Å². The van der Waals surface area contributed by atoms with E-state index in [-0.39, 0.29) is 5.84 Å². The zero-order valence-corrected chi connectivity index (χ0v) is 9.07. The summed E-state index contributed by atoms with van der Waals surface area (Å²) in [6.45, 7) is 0. The van der Waals surface area contributed by atoms with Crippen LogP contribution in [-0.2, 0) is 0 Å². The van der Waals surface area contributed by atoms with Crippen LogP contribution in [0.5, 0.6) is 0 Å². The van der Waals surface area contributed by atoms with Gasteiger partial charge in [0.2, 0.25) is 0 Å². The summed E-state index contributed by atoms with van der Waals surface area (Å²) in [6.07, 6.45) is 1.56. The molecule has 1 heterocycles. The van der Waals surface area contributed by atoms with Gasteiger partial charge in [0.05, 0.1) is 5.02 Å². The molecule has 0 aliphatic rings. The van der Waals surface area contributed by atoms with Crippen LogP contribution in [0.1, 0.15) is 5.69 Å². The highest BCUT2D eigenvalue weighted by Gasteiger charge is 2.07. The second-order valence-corrected chi connectivity index (χ2v) is 3.57. The van der Waals surface area contributed by atoms with Crippen molar-refractivity contribution in [2.24, 2.45) is 5.73 Å². The van der Waals surface area contributed by atoms with E-state index >= 15 is 0 Å². The average molecular weight is 233 g/mol. The van der Waals surface area contributed by atoms with Gasteiger partial charge in [0.15, 0.2) is 5.82 Å². The predicted molar refractivity (Wildman–Crippen MR) is 63.5 cm³/mol. The molecule has 0 saturated carbocycles. The Balaban J connectivity index is 2.53. The number of nitrogen functional groups attached to an aromatic ring is 1. The first kappa shape index (κ1) is 10.6. The maximum Gasteiger partial charge on any atom is 0.161 e. The van der Waals surface area contributed by atoms with Crippen LogP contribution in [0.2, 0.25) is 5.02 Å². The van der Waals surface area contributed by atoms with Crippen LogP contribution >= 0.6 is 11.6 Å². The van der Waals surface area contributed by atoms with E-state index < -0.39 is 0 Å². The van der Waals surface area contributed by atoms with Gasteiger partial charge in [-0.3, -0.25) is 5.41 Å². The third-order valence-corrected chi connectivity index (χ3v) is 2.38. The Hall–Kier alpha value is -1.94. The summed E-state index contributed by atoms with van der Waals surface area (Å²) in [4.78, 5) is 8.26. The molecule has 0 saturated heterocycles. The number of nitrogens with zero attached hydrogens (tertiary/aromatic N) is 2. The molecule has 0 radical (unpaired) electrons. The quantitative estimate of drug-likeness (QED) is 0.615. The van der Waals surface area contributed by atoms with Gasteiger partial charge in [0.1, 0.15) is 11.5 Å². The molecule has 2 aromatic rings. The lowest BCUT2D eigenvalue weighted by Crippen LogP contribution is -2.13. The van der Waals surface area contributed by atoms with E-state index in [0.717, 1.165) is 5.56 Å². The summed E-state index contributed by atoms with van der Waals surface area (Å²) >= 11 is 6.03. The molecule has 80 valence electrons. The summed E-state index contributed by atoms with van der Waals surface area (Å²) in [7, 11) is 0. The number of halogens is 1. The largest absolute Gasteiger partial charge is 0.382 e. The summed E-state index contributed by atoms with van der Waals surface area (Å²) < 4.78 is 0. The average Bonchev–Trinajstić information content (AvgIpc) is 2.30. The first-order valence-electron chi connectivity index (χ1n) is 4.61. The van der Waals surface area contributed by atoms with E-state index in [4.69, 9.17) is 22.7 Å². The molecule has 1 aromatic carbocycles. The molecule has 0 amide bonds. The number of rotatable bonds is 2. The Morgan fingerprint density at radius 1 is 1.25 bits per heavy atom. The number of aromatic nitrogens is 2. The van der Waals surface area contributed by atoms with Crippen molar-refractivity contribution >= 4 is 17.4 Å². The van der Waals surface area contributed by atoms with E-state index in [1.165, 1.54) is 0 Å². The van der Waals surface area contributed by atoms with Crippen molar-refractivity contribution in [1.82, 2.24) is 9.97 Å². The number of nitrogens with two attached hydrogens (primary N) is 1. The van der Waals surface area contributed by atoms with Crippen molar-refractivity contribution in [3.63, 3.8) is 0 Å². The summed E-state index contributed by atoms with van der Waals surface area (Å²) in [5.41, 5.74) is 6.48. The van der Waals surface area contributed by atoms with Crippen LogP contribution in [0.3, 0.4) is 0 Å². The van der Waals surface area contributed by atoms with Gasteiger partial charge >= 0.3 is 0 Å². The lowest BCUT2D eigenvalue weighted by molar-refractivity contribution is 1.15. The monoisotopic (exact) mass is 232 g/mol. The van der Waals surface area contributed by atoms with Crippen LogP contribution < -0.4 is 5.73 Å². The highest BCUT2D eigenvalue weighted by molar-refractivity contribution is 6.33. The molecule has 5 heteroatoms. The molecular formula is C11H9ClN4. The molecule has 1 aromatic heterocycles. The molecule has 0 unspecified atom stereocenters.